The monoisotopic (exact) mass is 337 g/mol. The number of rotatable bonds is 4. The van der Waals surface area contributed by atoms with Gasteiger partial charge >= 0.3 is 5.97 Å². The van der Waals surface area contributed by atoms with E-state index in [0.29, 0.717) is 5.75 Å². The minimum absolute atomic E-state index is 0.311. The third kappa shape index (κ3) is 4.59. The molecule has 5 nitrogen and oxygen atoms in total. The van der Waals surface area contributed by atoms with E-state index in [-0.39, 0.29) is 5.97 Å². The summed E-state index contributed by atoms with van der Waals surface area (Å²) < 4.78 is 5.06. The summed E-state index contributed by atoms with van der Waals surface area (Å²) in [5.74, 6) is 0.245. The first-order valence-electron chi connectivity index (χ1n) is 8.51. The standard InChI is InChI=1S/C20H23N3O2/c1-16(18-8-10-20(11-9-18)25-17(2)24)21-23-14-12-22(13-15-23)19-6-4-3-5-7-19/h3-11H,12-15H2,1-2H3/b21-16+. The van der Waals surface area contributed by atoms with Crippen LogP contribution in [0.2, 0.25) is 0 Å². The van der Waals surface area contributed by atoms with Crippen molar-refractivity contribution in [3.8, 4) is 5.75 Å². The first-order chi connectivity index (χ1) is 12.1. The second-order valence-electron chi connectivity index (χ2n) is 6.08. The molecule has 0 bridgehead atoms. The van der Waals surface area contributed by atoms with Gasteiger partial charge in [-0.1, -0.05) is 18.2 Å². The molecule has 25 heavy (non-hydrogen) atoms. The number of esters is 1. The van der Waals surface area contributed by atoms with Gasteiger partial charge in [0.25, 0.3) is 0 Å². The molecule has 0 amide bonds. The molecule has 0 aliphatic carbocycles. The Balaban J connectivity index is 1.59. The number of carbonyl (C=O) groups excluding carboxylic acids is 1. The van der Waals surface area contributed by atoms with Crippen LogP contribution in [0.4, 0.5) is 5.69 Å². The van der Waals surface area contributed by atoms with Gasteiger partial charge in [-0.3, -0.25) is 9.80 Å². The molecule has 0 saturated carbocycles. The second kappa shape index (κ2) is 7.83. The van der Waals surface area contributed by atoms with Crippen molar-refractivity contribution in [2.75, 3.05) is 31.1 Å². The Morgan fingerprint density at radius 2 is 1.56 bits per heavy atom. The molecule has 0 unspecified atom stereocenters. The number of para-hydroxylation sites is 1. The Hall–Kier alpha value is -2.82. The zero-order valence-corrected chi connectivity index (χ0v) is 14.7. The van der Waals surface area contributed by atoms with Crippen LogP contribution in [-0.4, -0.2) is 42.9 Å². The highest BCUT2D eigenvalue weighted by Crippen LogP contribution is 2.17. The molecule has 130 valence electrons. The fourth-order valence-corrected chi connectivity index (χ4v) is 2.89. The van der Waals surface area contributed by atoms with Gasteiger partial charge in [-0.05, 0) is 48.9 Å². The summed E-state index contributed by atoms with van der Waals surface area (Å²) in [6, 6.07) is 17.9. The third-order valence-electron chi connectivity index (χ3n) is 4.20. The van der Waals surface area contributed by atoms with Crippen molar-refractivity contribution in [1.29, 1.82) is 0 Å². The quantitative estimate of drug-likeness (QED) is 0.488. The van der Waals surface area contributed by atoms with Crippen molar-refractivity contribution in [2.45, 2.75) is 13.8 Å². The number of nitrogens with zero attached hydrogens (tertiary/aromatic N) is 3. The average molecular weight is 337 g/mol. The number of hydrogen-bond acceptors (Lipinski definition) is 5. The SMILES string of the molecule is CC(=O)Oc1ccc(/C(C)=N/N2CCN(c3ccccc3)CC2)cc1. The molecule has 1 fully saturated rings. The normalized spacial score (nSPS) is 15.2. The smallest absolute Gasteiger partial charge is 0.308 e. The lowest BCUT2D eigenvalue weighted by molar-refractivity contribution is -0.131. The highest BCUT2D eigenvalue weighted by molar-refractivity contribution is 5.98. The molecular formula is C20H23N3O2. The van der Waals surface area contributed by atoms with E-state index in [1.165, 1.54) is 12.6 Å². The molecule has 0 atom stereocenters. The summed E-state index contributed by atoms with van der Waals surface area (Å²) in [7, 11) is 0. The van der Waals surface area contributed by atoms with E-state index >= 15 is 0 Å². The zero-order valence-electron chi connectivity index (χ0n) is 14.7. The largest absolute Gasteiger partial charge is 0.427 e. The number of hydrazone groups is 1. The number of piperazine rings is 1. The van der Waals surface area contributed by atoms with E-state index in [1.54, 1.807) is 12.1 Å². The van der Waals surface area contributed by atoms with Crippen LogP contribution in [-0.2, 0) is 4.79 Å². The van der Waals surface area contributed by atoms with E-state index in [1.807, 2.05) is 25.1 Å². The Morgan fingerprint density at radius 1 is 0.920 bits per heavy atom. The summed E-state index contributed by atoms with van der Waals surface area (Å²) in [6.45, 7) is 7.13. The topological polar surface area (TPSA) is 45.1 Å². The van der Waals surface area contributed by atoms with Crippen molar-refractivity contribution in [1.82, 2.24) is 5.01 Å². The summed E-state index contributed by atoms with van der Waals surface area (Å²) in [5.41, 5.74) is 3.26. The van der Waals surface area contributed by atoms with Crippen molar-refractivity contribution >= 4 is 17.4 Å². The predicted octanol–water partition coefficient (Wildman–Crippen LogP) is 3.16. The first kappa shape index (κ1) is 17.0. The van der Waals surface area contributed by atoms with E-state index in [2.05, 4.69) is 34.2 Å². The highest BCUT2D eigenvalue weighted by atomic mass is 16.5. The molecule has 2 aromatic rings. The van der Waals surface area contributed by atoms with Gasteiger partial charge in [-0.2, -0.15) is 5.10 Å². The summed E-state index contributed by atoms with van der Waals surface area (Å²) in [4.78, 5) is 13.4. The van der Waals surface area contributed by atoms with Crippen LogP contribution in [0, 0.1) is 0 Å². The van der Waals surface area contributed by atoms with Gasteiger partial charge in [0, 0.05) is 25.7 Å². The van der Waals surface area contributed by atoms with E-state index in [0.717, 1.165) is 37.5 Å². The Labute approximate surface area is 148 Å². The van der Waals surface area contributed by atoms with E-state index in [4.69, 9.17) is 9.84 Å². The van der Waals surface area contributed by atoms with Crippen molar-refractivity contribution in [3.05, 3.63) is 60.2 Å². The van der Waals surface area contributed by atoms with Crippen LogP contribution in [0.1, 0.15) is 19.4 Å². The zero-order chi connectivity index (χ0) is 17.6. The Kier molecular flexibility index (Phi) is 5.33. The van der Waals surface area contributed by atoms with Crippen LogP contribution in [0.3, 0.4) is 0 Å². The first-order valence-corrected chi connectivity index (χ1v) is 8.51. The number of anilines is 1. The van der Waals surface area contributed by atoms with Crippen molar-refractivity contribution in [3.63, 3.8) is 0 Å². The molecule has 0 radical (unpaired) electrons. The average Bonchev–Trinajstić information content (AvgIpc) is 2.63. The lowest BCUT2D eigenvalue weighted by Gasteiger charge is -2.34. The van der Waals surface area contributed by atoms with Crippen LogP contribution >= 0.6 is 0 Å². The lowest BCUT2D eigenvalue weighted by Crippen LogP contribution is -2.44. The Bertz CT molecular complexity index is 733. The molecule has 0 spiro atoms. The number of hydrogen-bond donors (Lipinski definition) is 0. The Morgan fingerprint density at radius 3 is 2.16 bits per heavy atom. The molecule has 0 N–H and O–H groups in total. The maximum atomic E-state index is 11.0. The minimum atomic E-state index is -0.311. The second-order valence-corrected chi connectivity index (χ2v) is 6.08. The number of ether oxygens (including phenoxy) is 1. The molecule has 1 aliphatic rings. The van der Waals surface area contributed by atoms with Gasteiger partial charge in [0.2, 0.25) is 0 Å². The summed E-state index contributed by atoms with van der Waals surface area (Å²) in [6.07, 6.45) is 0. The van der Waals surface area contributed by atoms with E-state index < -0.39 is 0 Å². The van der Waals surface area contributed by atoms with E-state index in [9.17, 15) is 4.79 Å². The molecule has 3 rings (SSSR count). The van der Waals surface area contributed by atoms with Crippen LogP contribution in [0.5, 0.6) is 5.75 Å². The highest BCUT2D eigenvalue weighted by Gasteiger charge is 2.16. The van der Waals surface area contributed by atoms with Gasteiger partial charge in [0.15, 0.2) is 0 Å². The van der Waals surface area contributed by atoms with Gasteiger partial charge in [-0.25, -0.2) is 0 Å². The maximum absolute atomic E-state index is 11.0. The fourth-order valence-electron chi connectivity index (χ4n) is 2.89. The van der Waals surface area contributed by atoms with Gasteiger partial charge in [0.1, 0.15) is 5.75 Å². The van der Waals surface area contributed by atoms with Crippen LogP contribution in [0.15, 0.2) is 59.7 Å². The lowest BCUT2D eigenvalue weighted by atomic mass is 10.1. The number of carbonyl (C=O) groups is 1. The molecule has 5 heteroatoms. The van der Waals surface area contributed by atoms with Crippen molar-refractivity contribution < 1.29 is 9.53 Å². The molecular weight excluding hydrogens is 314 g/mol. The van der Waals surface area contributed by atoms with Crippen molar-refractivity contribution in [2.24, 2.45) is 5.10 Å². The van der Waals surface area contributed by atoms with Crippen LogP contribution < -0.4 is 9.64 Å². The van der Waals surface area contributed by atoms with Crippen LogP contribution in [0.25, 0.3) is 0 Å². The number of benzene rings is 2. The molecule has 1 heterocycles. The maximum Gasteiger partial charge on any atom is 0.308 e. The molecule has 1 saturated heterocycles. The fraction of sp³-hybridized carbons (Fsp3) is 0.300. The molecule has 0 aromatic heterocycles. The molecule has 2 aromatic carbocycles. The van der Waals surface area contributed by atoms with Gasteiger partial charge < -0.3 is 9.64 Å². The molecule has 1 aliphatic heterocycles. The summed E-state index contributed by atoms with van der Waals surface area (Å²) >= 11 is 0. The summed E-state index contributed by atoms with van der Waals surface area (Å²) in [5, 5.41) is 6.86. The third-order valence-corrected chi connectivity index (χ3v) is 4.20. The predicted molar refractivity (Wildman–Crippen MR) is 100 cm³/mol. The van der Waals surface area contributed by atoms with Gasteiger partial charge in [-0.15, -0.1) is 0 Å². The van der Waals surface area contributed by atoms with Gasteiger partial charge in [0.05, 0.1) is 18.8 Å². The minimum Gasteiger partial charge on any atom is -0.427 e.